The van der Waals surface area contributed by atoms with Crippen LogP contribution in [0.3, 0.4) is 0 Å². The molecule has 6 heteroatoms. The molecule has 1 aromatic carbocycles. The van der Waals surface area contributed by atoms with Crippen LogP contribution in [0.2, 0.25) is 0 Å². The first-order chi connectivity index (χ1) is 9.73. The Labute approximate surface area is 126 Å². The van der Waals surface area contributed by atoms with Crippen LogP contribution in [-0.4, -0.2) is 25.8 Å². The SMILES string of the molecule is Cc1c(F)cc(N)cc1S(=O)(=O)N1CCC(C(C)C)CC1. The molecule has 4 nitrogen and oxygen atoms in total. The summed E-state index contributed by atoms with van der Waals surface area (Å²) in [6.07, 6.45) is 1.70. The zero-order valence-electron chi connectivity index (χ0n) is 12.8. The Morgan fingerprint density at radius 1 is 1.29 bits per heavy atom. The van der Waals surface area contributed by atoms with E-state index < -0.39 is 15.8 Å². The summed E-state index contributed by atoms with van der Waals surface area (Å²) in [5.41, 5.74) is 5.86. The highest BCUT2D eigenvalue weighted by molar-refractivity contribution is 7.89. The molecule has 1 heterocycles. The van der Waals surface area contributed by atoms with Gasteiger partial charge in [-0.25, -0.2) is 12.8 Å². The molecular weight excluding hydrogens is 291 g/mol. The van der Waals surface area contributed by atoms with Gasteiger partial charge in [-0.3, -0.25) is 0 Å². The van der Waals surface area contributed by atoms with Crippen LogP contribution in [0.15, 0.2) is 17.0 Å². The second-order valence-corrected chi connectivity index (χ2v) is 8.02. The van der Waals surface area contributed by atoms with E-state index in [4.69, 9.17) is 5.73 Å². The van der Waals surface area contributed by atoms with Crippen LogP contribution in [0.25, 0.3) is 0 Å². The van der Waals surface area contributed by atoms with Crippen molar-refractivity contribution in [3.63, 3.8) is 0 Å². The van der Waals surface area contributed by atoms with Gasteiger partial charge in [0.1, 0.15) is 5.82 Å². The van der Waals surface area contributed by atoms with Gasteiger partial charge in [-0.2, -0.15) is 4.31 Å². The van der Waals surface area contributed by atoms with Crippen LogP contribution in [0.5, 0.6) is 0 Å². The molecule has 0 amide bonds. The normalized spacial score (nSPS) is 18.3. The Hall–Kier alpha value is -1.14. The molecule has 0 atom stereocenters. The average molecular weight is 314 g/mol. The summed E-state index contributed by atoms with van der Waals surface area (Å²) in [4.78, 5) is -0.0111. The smallest absolute Gasteiger partial charge is 0.243 e. The Morgan fingerprint density at radius 3 is 2.38 bits per heavy atom. The summed E-state index contributed by atoms with van der Waals surface area (Å²) in [5.74, 6) is 0.530. The lowest BCUT2D eigenvalue weighted by atomic mass is 9.87. The van der Waals surface area contributed by atoms with Gasteiger partial charge in [-0.05, 0) is 43.7 Å². The number of hydrogen-bond donors (Lipinski definition) is 1. The molecule has 0 aromatic heterocycles. The topological polar surface area (TPSA) is 63.4 Å². The van der Waals surface area contributed by atoms with Crippen molar-refractivity contribution >= 4 is 15.7 Å². The van der Waals surface area contributed by atoms with E-state index in [2.05, 4.69) is 13.8 Å². The number of benzene rings is 1. The molecule has 21 heavy (non-hydrogen) atoms. The van der Waals surface area contributed by atoms with Crippen molar-refractivity contribution < 1.29 is 12.8 Å². The van der Waals surface area contributed by atoms with Crippen LogP contribution < -0.4 is 5.73 Å². The molecule has 0 bridgehead atoms. The fourth-order valence-corrected chi connectivity index (χ4v) is 4.60. The van der Waals surface area contributed by atoms with Gasteiger partial charge >= 0.3 is 0 Å². The number of nitrogen functional groups attached to an aromatic ring is 1. The van der Waals surface area contributed by atoms with Crippen LogP contribution in [0.1, 0.15) is 32.3 Å². The highest BCUT2D eigenvalue weighted by Crippen LogP contribution is 2.30. The molecule has 1 aromatic rings. The molecule has 0 aliphatic carbocycles. The number of rotatable bonds is 3. The number of piperidine rings is 1. The lowest BCUT2D eigenvalue weighted by Gasteiger charge is -2.33. The maximum atomic E-state index is 13.7. The van der Waals surface area contributed by atoms with Crippen molar-refractivity contribution in [2.24, 2.45) is 11.8 Å². The average Bonchev–Trinajstić information content (AvgIpc) is 2.42. The van der Waals surface area contributed by atoms with Crippen molar-refractivity contribution in [3.05, 3.63) is 23.5 Å². The van der Waals surface area contributed by atoms with E-state index in [1.165, 1.54) is 17.3 Å². The molecule has 1 aliphatic heterocycles. The molecule has 0 radical (unpaired) electrons. The number of anilines is 1. The van der Waals surface area contributed by atoms with E-state index in [9.17, 15) is 12.8 Å². The highest BCUT2D eigenvalue weighted by Gasteiger charge is 2.32. The summed E-state index contributed by atoms with van der Waals surface area (Å²) in [6.45, 7) is 6.77. The van der Waals surface area contributed by atoms with E-state index in [0.29, 0.717) is 24.9 Å². The Bertz CT molecular complexity index is 621. The summed E-state index contributed by atoms with van der Waals surface area (Å²) in [7, 11) is -3.67. The zero-order valence-corrected chi connectivity index (χ0v) is 13.6. The number of hydrogen-bond acceptors (Lipinski definition) is 3. The first kappa shape index (κ1) is 16.2. The predicted molar refractivity (Wildman–Crippen MR) is 81.9 cm³/mol. The van der Waals surface area contributed by atoms with Gasteiger partial charge in [-0.1, -0.05) is 13.8 Å². The number of nitrogens with two attached hydrogens (primary N) is 1. The summed E-state index contributed by atoms with van der Waals surface area (Å²) in [6, 6.07) is 2.50. The van der Waals surface area contributed by atoms with E-state index in [1.807, 2.05) is 0 Å². The monoisotopic (exact) mass is 314 g/mol. The fraction of sp³-hybridized carbons (Fsp3) is 0.600. The van der Waals surface area contributed by atoms with E-state index >= 15 is 0 Å². The molecule has 1 fully saturated rings. The summed E-state index contributed by atoms with van der Waals surface area (Å²) in [5, 5.41) is 0. The maximum absolute atomic E-state index is 13.7. The van der Waals surface area contributed by atoms with Crippen molar-refractivity contribution in [1.82, 2.24) is 4.31 Å². The van der Waals surface area contributed by atoms with Crippen molar-refractivity contribution in [3.8, 4) is 0 Å². The predicted octanol–water partition coefficient (Wildman–Crippen LogP) is 2.77. The molecule has 1 saturated heterocycles. The molecule has 1 aliphatic rings. The van der Waals surface area contributed by atoms with E-state index in [1.54, 1.807) is 0 Å². The number of sulfonamides is 1. The zero-order chi connectivity index (χ0) is 15.8. The third-order valence-corrected chi connectivity index (χ3v) is 6.40. The minimum Gasteiger partial charge on any atom is -0.399 e. The quantitative estimate of drug-likeness (QED) is 0.873. The maximum Gasteiger partial charge on any atom is 0.243 e. The Balaban J connectivity index is 2.28. The minimum absolute atomic E-state index is 0.0111. The fourth-order valence-electron chi connectivity index (χ4n) is 2.86. The highest BCUT2D eigenvalue weighted by atomic mass is 32.2. The van der Waals surface area contributed by atoms with Crippen molar-refractivity contribution in [2.75, 3.05) is 18.8 Å². The Morgan fingerprint density at radius 2 is 1.86 bits per heavy atom. The second kappa shape index (κ2) is 5.93. The molecule has 0 spiro atoms. The number of nitrogens with zero attached hydrogens (tertiary/aromatic N) is 1. The molecule has 118 valence electrons. The standard InChI is InChI=1S/C15H23FN2O2S/c1-10(2)12-4-6-18(7-5-12)21(19,20)15-9-13(17)8-14(16)11(15)3/h8-10,12H,4-7,17H2,1-3H3. The Kier molecular flexibility index (Phi) is 4.58. The third kappa shape index (κ3) is 3.21. The van der Waals surface area contributed by atoms with Crippen LogP contribution in [0, 0.1) is 24.6 Å². The van der Waals surface area contributed by atoms with E-state index in [0.717, 1.165) is 18.9 Å². The van der Waals surface area contributed by atoms with Crippen LogP contribution >= 0.6 is 0 Å². The lowest BCUT2D eigenvalue weighted by molar-refractivity contribution is 0.226. The molecule has 0 unspecified atom stereocenters. The van der Waals surface area contributed by atoms with Crippen molar-refractivity contribution in [1.29, 1.82) is 0 Å². The minimum atomic E-state index is -3.67. The summed E-state index contributed by atoms with van der Waals surface area (Å²) >= 11 is 0. The molecular formula is C15H23FN2O2S. The molecule has 2 N–H and O–H groups in total. The van der Waals surface area contributed by atoms with Gasteiger partial charge in [0.25, 0.3) is 0 Å². The van der Waals surface area contributed by atoms with E-state index in [-0.39, 0.29) is 16.1 Å². The third-order valence-electron chi connectivity index (χ3n) is 4.38. The summed E-state index contributed by atoms with van der Waals surface area (Å²) < 4.78 is 40.6. The van der Waals surface area contributed by atoms with Crippen molar-refractivity contribution in [2.45, 2.75) is 38.5 Å². The van der Waals surface area contributed by atoms with Crippen LogP contribution in [0.4, 0.5) is 10.1 Å². The first-order valence-corrected chi connectivity index (χ1v) is 8.73. The first-order valence-electron chi connectivity index (χ1n) is 7.29. The van der Waals surface area contributed by atoms with Gasteiger partial charge in [0, 0.05) is 24.3 Å². The van der Waals surface area contributed by atoms with Gasteiger partial charge in [0.05, 0.1) is 4.90 Å². The van der Waals surface area contributed by atoms with Gasteiger partial charge in [0.15, 0.2) is 0 Å². The van der Waals surface area contributed by atoms with Crippen LogP contribution in [-0.2, 0) is 10.0 Å². The second-order valence-electron chi connectivity index (χ2n) is 6.11. The number of halogens is 1. The largest absolute Gasteiger partial charge is 0.399 e. The molecule has 0 saturated carbocycles. The van der Waals surface area contributed by atoms with Gasteiger partial charge < -0.3 is 5.73 Å². The van der Waals surface area contributed by atoms with Gasteiger partial charge in [0.2, 0.25) is 10.0 Å². The van der Waals surface area contributed by atoms with Gasteiger partial charge in [-0.15, -0.1) is 0 Å². The molecule has 2 rings (SSSR count). The lowest BCUT2D eigenvalue weighted by Crippen LogP contribution is -2.39.